The molecule has 0 amide bonds. The van der Waals surface area contributed by atoms with E-state index in [4.69, 9.17) is 11.6 Å². The lowest BCUT2D eigenvalue weighted by atomic mass is 9.92. The predicted octanol–water partition coefficient (Wildman–Crippen LogP) is 2.88. The van der Waals surface area contributed by atoms with Crippen molar-refractivity contribution in [2.45, 2.75) is 25.3 Å². The monoisotopic (exact) mass is 275 g/mol. The zero-order chi connectivity index (χ0) is 10.1. The van der Waals surface area contributed by atoms with Crippen molar-refractivity contribution in [3.05, 3.63) is 16.0 Å². The number of halogens is 2. The van der Waals surface area contributed by atoms with Crippen LogP contribution in [-0.2, 0) is 0 Å². The minimum atomic E-state index is 0.300. The van der Waals surface area contributed by atoms with Gasteiger partial charge < -0.3 is 4.90 Å². The van der Waals surface area contributed by atoms with Gasteiger partial charge in [-0.1, -0.05) is 0 Å². The van der Waals surface area contributed by atoms with Gasteiger partial charge in [-0.15, -0.1) is 0 Å². The Morgan fingerprint density at radius 2 is 2.29 bits per heavy atom. The summed E-state index contributed by atoms with van der Waals surface area (Å²) in [6.45, 7) is 0. The first kappa shape index (κ1) is 10.2. The van der Waals surface area contributed by atoms with Gasteiger partial charge in [0.2, 0.25) is 5.28 Å². The first-order valence-corrected chi connectivity index (χ1v) is 5.76. The number of anilines is 1. The van der Waals surface area contributed by atoms with Gasteiger partial charge in [-0.3, -0.25) is 0 Å². The van der Waals surface area contributed by atoms with E-state index in [1.807, 2.05) is 7.05 Å². The van der Waals surface area contributed by atoms with Gasteiger partial charge in [0.05, 0.1) is 4.47 Å². The molecule has 0 bridgehead atoms. The van der Waals surface area contributed by atoms with Crippen molar-refractivity contribution >= 4 is 33.3 Å². The molecule has 0 spiro atoms. The van der Waals surface area contributed by atoms with Crippen molar-refractivity contribution < 1.29 is 0 Å². The van der Waals surface area contributed by atoms with Gasteiger partial charge in [0.1, 0.15) is 5.82 Å². The molecule has 76 valence electrons. The van der Waals surface area contributed by atoms with E-state index < -0.39 is 0 Å². The van der Waals surface area contributed by atoms with Crippen LogP contribution in [0.1, 0.15) is 19.3 Å². The minimum Gasteiger partial charge on any atom is -0.356 e. The van der Waals surface area contributed by atoms with Crippen LogP contribution >= 0.6 is 27.5 Å². The van der Waals surface area contributed by atoms with E-state index in [-0.39, 0.29) is 0 Å². The van der Waals surface area contributed by atoms with Crippen LogP contribution < -0.4 is 4.90 Å². The van der Waals surface area contributed by atoms with Gasteiger partial charge in [-0.05, 0) is 46.8 Å². The zero-order valence-electron chi connectivity index (χ0n) is 7.87. The Kier molecular flexibility index (Phi) is 2.93. The molecule has 1 aliphatic carbocycles. The second-order valence-corrected chi connectivity index (χ2v) is 4.70. The van der Waals surface area contributed by atoms with E-state index >= 15 is 0 Å². The Morgan fingerprint density at radius 3 is 2.86 bits per heavy atom. The maximum absolute atomic E-state index is 5.76. The second kappa shape index (κ2) is 4.03. The number of hydrogen-bond acceptors (Lipinski definition) is 3. The first-order chi connectivity index (χ1) is 6.68. The van der Waals surface area contributed by atoms with E-state index in [1.165, 1.54) is 19.3 Å². The molecule has 14 heavy (non-hydrogen) atoms. The van der Waals surface area contributed by atoms with Crippen LogP contribution in [0.3, 0.4) is 0 Å². The Hall–Kier alpha value is -0.350. The van der Waals surface area contributed by atoms with Crippen LogP contribution in [0.2, 0.25) is 5.28 Å². The number of nitrogens with zero attached hydrogens (tertiary/aromatic N) is 3. The summed E-state index contributed by atoms with van der Waals surface area (Å²) in [5, 5.41) is 0.300. The van der Waals surface area contributed by atoms with Gasteiger partial charge in [-0.25, -0.2) is 4.98 Å². The molecular formula is C9H11BrClN3. The fourth-order valence-electron chi connectivity index (χ4n) is 1.53. The van der Waals surface area contributed by atoms with Crippen LogP contribution in [0.15, 0.2) is 10.7 Å². The van der Waals surface area contributed by atoms with Crippen molar-refractivity contribution in [2.24, 2.45) is 0 Å². The molecule has 5 heteroatoms. The second-order valence-electron chi connectivity index (χ2n) is 3.51. The highest BCUT2D eigenvalue weighted by atomic mass is 79.9. The smallest absolute Gasteiger partial charge is 0.224 e. The van der Waals surface area contributed by atoms with Crippen LogP contribution in [0, 0.1) is 0 Å². The Balaban J connectivity index is 2.24. The number of aromatic nitrogens is 2. The van der Waals surface area contributed by atoms with Gasteiger partial charge in [0.15, 0.2) is 0 Å². The molecule has 3 nitrogen and oxygen atoms in total. The fraction of sp³-hybridized carbons (Fsp3) is 0.556. The molecule has 1 aliphatic rings. The normalized spacial score (nSPS) is 16.5. The maximum atomic E-state index is 5.76. The highest BCUT2D eigenvalue weighted by molar-refractivity contribution is 9.10. The Labute approximate surface area is 96.6 Å². The van der Waals surface area contributed by atoms with Gasteiger partial charge in [0.25, 0.3) is 0 Å². The SMILES string of the molecule is CN(c1nc(Cl)ncc1Br)C1CCC1. The van der Waals surface area contributed by atoms with Crippen molar-refractivity contribution in [1.82, 2.24) is 9.97 Å². The summed E-state index contributed by atoms with van der Waals surface area (Å²) in [6.07, 6.45) is 5.49. The lowest BCUT2D eigenvalue weighted by Gasteiger charge is -2.35. The molecule has 1 saturated carbocycles. The average molecular weight is 277 g/mol. The summed E-state index contributed by atoms with van der Waals surface area (Å²) in [5.41, 5.74) is 0. The van der Waals surface area contributed by atoms with Crippen molar-refractivity contribution in [1.29, 1.82) is 0 Å². The summed E-state index contributed by atoms with van der Waals surface area (Å²) in [6, 6.07) is 0.609. The summed E-state index contributed by atoms with van der Waals surface area (Å²) in [4.78, 5) is 10.3. The van der Waals surface area contributed by atoms with Crippen LogP contribution in [0.25, 0.3) is 0 Å². The molecule has 1 aromatic heterocycles. The summed E-state index contributed by atoms with van der Waals surface area (Å²) in [5.74, 6) is 0.884. The lowest BCUT2D eigenvalue weighted by Crippen LogP contribution is -2.37. The largest absolute Gasteiger partial charge is 0.356 e. The van der Waals surface area contributed by atoms with Crippen LogP contribution in [0.4, 0.5) is 5.82 Å². The molecule has 0 atom stereocenters. The van der Waals surface area contributed by atoms with E-state index in [0.717, 1.165) is 10.3 Å². The molecule has 1 fully saturated rings. The maximum Gasteiger partial charge on any atom is 0.224 e. The molecule has 2 rings (SSSR count). The van der Waals surface area contributed by atoms with Gasteiger partial charge >= 0.3 is 0 Å². The van der Waals surface area contributed by atoms with E-state index in [1.54, 1.807) is 6.20 Å². The summed E-state index contributed by atoms with van der Waals surface area (Å²) >= 11 is 9.18. The quantitative estimate of drug-likeness (QED) is 0.778. The standard InChI is InChI=1S/C9H11BrClN3/c1-14(6-3-2-4-6)8-7(10)5-12-9(11)13-8/h5-6H,2-4H2,1H3. The van der Waals surface area contributed by atoms with Crippen LogP contribution in [0.5, 0.6) is 0 Å². The number of hydrogen-bond donors (Lipinski definition) is 0. The highest BCUT2D eigenvalue weighted by Crippen LogP contribution is 2.31. The fourth-order valence-corrected chi connectivity index (χ4v) is 2.13. The third-order valence-corrected chi connectivity index (χ3v) is 3.39. The Morgan fingerprint density at radius 1 is 1.57 bits per heavy atom. The molecule has 0 aromatic carbocycles. The first-order valence-electron chi connectivity index (χ1n) is 4.59. The van der Waals surface area contributed by atoms with Crippen LogP contribution in [-0.4, -0.2) is 23.1 Å². The Bertz CT molecular complexity index is 341. The molecule has 0 N–H and O–H groups in total. The van der Waals surface area contributed by atoms with Crippen molar-refractivity contribution in [3.63, 3.8) is 0 Å². The number of rotatable bonds is 2. The molecule has 0 radical (unpaired) electrons. The third kappa shape index (κ3) is 1.86. The topological polar surface area (TPSA) is 29.0 Å². The lowest BCUT2D eigenvalue weighted by molar-refractivity contribution is 0.399. The molecule has 1 heterocycles. The highest BCUT2D eigenvalue weighted by Gasteiger charge is 2.24. The van der Waals surface area contributed by atoms with Crippen molar-refractivity contribution in [3.8, 4) is 0 Å². The predicted molar refractivity (Wildman–Crippen MR) is 60.8 cm³/mol. The molecular weight excluding hydrogens is 265 g/mol. The van der Waals surface area contributed by atoms with E-state index in [9.17, 15) is 0 Å². The summed E-state index contributed by atoms with van der Waals surface area (Å²) in [7, 11) is 2.05. The average Bonchev–Trinajstić information content (AvgIpc) is 2.06. The van der Waals surface area contributed by atoms with Gasteiger partial charge in [0, 0.05) is 19.3 Å². The van der Waals surface area contributed by atoms with E-state index in [0.29, 0.717) is 11.3 Å². The molecule has 0 unspecified atom stereocenters. The molecule has 0 aliphatic heterocycles. The van der Waals surface area contributed by atoms with Crippen molar-refractivity contribution in [2.75, 3.05) is 11.9 Å². The minimum absolute atomic E-state index is 0.300. The zero-order valence-corrected chi connectivity index (χ0v) is 10.2. The third-order valence-electron chi connectivity index (χ3n) is 2.65. The van der Waals surface area contributed by atoms with E-state index in [2.05, 4.69) is 30.8 Å². The molecule has 0 saturated heterocycles. The van der Waals surface area contributed by atoms with Gasteiger partial charge in [-0.2, -0.15) is 4.98 Å². The molecule has 1 aromatic rings. The summed E-state index contributed by atoms with van der Waals surface area (Å²) < 4.78 is 0.899.